The summed E-state index contributed by atoms with van der Waals surface area (Å²) in [6.45, 7) is 2.54. The molecular weight excluding hydrogens is 262 g/mol. The van der Waals surface area contributed by atoms with Crippen LogP contribution in [-0.4, -0.2) is 32.1 Å². The number of benzene rings is 1. The summed E-state index contributed by atoms with van der Waals surface area (Å²) >= 11 is 0. The molecule has 1 heterocycles. The van der Waals surface area contributed by atoms with Gasteiger partial charge in [0.25, 0.3) is 0 Å². The first kappa shape index (κ1) is 14.3. The van der Waals surface area contributed by atoms with Crippen molar-refractivity contribution in [2.75, 3.05) is 19.4 Å². The third-order valence-corrected chi connectivity index (χ3v) is 5.60. The summed E-state index contributed by atoms with van der Waals surface area (Å²) in [6.07, 6.45) is 2.49. The molecule has 4 nitrogen and oxygen atoms in total. The molecule has 0 N–H and O–H groups in total. The zero-order valence-electron chi connectivity index (χ0n) is 11.5. The van der Waals surface area contributed by atoms with Crippen molar-refractivity contribution in [1.29, 1.82) is 0 Å². The third-order valence-electron chi connectivity index (χ3n) is 3.52. The Labute approximate surface area is 115 Å². The van der Waals surface area contributed by atoms with Crippen molar-refractivity contribution in [2.45, 2.75) is 32.2 Å². The quantitative estimate of drug-likeness (QED) is 0.834. The zero-order valence-corrected chi connectivity index (χ0v) is 12.3. The van der Waals surface area contributed by atoms with E-state index >= 15 is 0 Å². The number of nitrogens with zero attached hydrogens (tertiary/aromatic N) is 1. The summed E-state index contributed by atoms with van der Waals surface area (Å²) in [6, 6.07) is 7.69. The van der Waals surface area contributed by atoms with E-state index < -0.39 is 10.0 Å². The molecule has 1 aromatic carbocycles. The number of sulfonamides is 1. The summed E-state index contributed by atoms with van der Waals surface area (Å²) in [5.74, 6) is 1.03. The molecule has 2 rings (SSSR count). The van der Waals surface area contributed by atoms with E-state index in [0.717, 1.165) is 24.2 Å². The van der Waals surface area contributed by atoms with Gasteiger partial charge in [0.05, 0.1) is 12.9 Å². The second-order valence-corrected chi connectivity index (χ2v) is 6.90. The van der Waals surface area contributed by atoms with Crippen LogP contribution in [0.15, 0.2) is 24.3 Å². The van der Waals surface area contributed by atoms with E-state index in [9.17, 15) is 8.42 Å². The van der Waals surface area contributed by atoms with Crippen LogP contribution in [0.1, 0.15) is 37.8 Å². The molecule has 0 bridgehead atoms. The monoisotopic (exact) mass is 283 g/mol. The summed E-state index contributed by atoms with van der Waals surface area (Å²) in [7, 11) is -1.49. The third kappa shape index (κ3) is 3.09. The van der Waals surface area contributed by atoms with Crippen LogP contribution >= 0.6 is 0 Å². The van der Waals surface area contributed by atoms with Gasteiger partial charge in [-0.15, -0.1) is 0 Å². The van der Waals surface area contributed by atoms with Crippen LogP contribution < -0.4 is 4.74 Å². The van der Waals surface area contributed by atoms with E-state index in [2.05, 4.69) is 0 Å². The molecule has 5 heteroatoms. The van der Waals surface area contributed by atoms with Gasteiger partial charge in [0.1, 0.15) is 5.75 Å². The first-order chi connectivity index (χ1) is 9.08. The Morgan fingerprint density at radius 3 is 2.58 bits per heavy atom. The van der Waals surface area contributed by atoms with Gasteiger partial charge in [0.2, 0.25) is 10.0 Å². The van der Waals surface area contributed by atoms with Crippen molar-refractivity contribution in [2.24, 2.45) is 0 Å². The Bertz CT molecular complexity index is 510. The van der Waals surface area contributed by atoms with Crippen molar-refractivity contribution < 1.29 is 13.2 Å². The molecule has 1 aromatic rings. The van der Waals surface area contributed by atoms with Crippen LogP contribution in [0.2, 0.25) is 0 Å². The molecule has 1 saturated heterocycles. The van der Waals surface area contributed by atoms with Gasteiger partial charge in [-0.05, 0) is 37.0 Å². The number of hydrogen-bond donors (Lipinski definition) is 0. The van der Waals surface area contributed by atoms with E-state index in [-0.39, 0.29) is 11.8 Å². The van der Waals surface area contributed by atoms with Crippen LogP contribution in [0.4, 0.5) is 0 Å². The van der Waals surface area contributed by atoms with E-state index in [1.165, 1.54) is 0 Å². The second kappa shape index (κ2) is 5.92. The Kier molecular flexibility index (Phi) is 4.47. The van der Waals surface area contributed by atoms with E-state index in [4.69, 9.17) is 4.74 Å². The molecule has 0 amide bonds. The van der Waals surface area contributed by atoms with Crippen LogP contribution in [0, 0.1) is 0 Å². The maximum absolute atomic E-state index is 12.2. The molecular formula is C14H21NO3S. The predicted octanol–water partition coefficient (Wildman–Crippen LogP) is 2.57. The first-order valence-corrected chi connectivity index (χ1v) is 8.33. The minimum Gasteiger partial charge on any atom is -0.497 e. The summed E-state index contributed by atoms with van der Waals surface area (Å²) in [5, 5.41) is 0. The lowest BCUT2D eigenvalue weighted by molar-refractivity contribution is 0.394. The molecule has 1 atom stereocenters. The molecule has 1 aliphatic heterocycles. The molecule has 0 spiro atoms. The fraction of sp³-hybridized carbons (Fsp3) is 0.571. The lowest BCUT2D eigenvalue weighted by Crippen LogP contribution is -2.32. The van der Waals surface area contributed by atoms with Gasteiger partial charge in [-0.1, -0.05) is 19.1 Å². The molecule has 0 saturated carbocycles. The van der Waals surface area contributed by atoms with Crippen LogP contribution in [0.25, 0.3) is 0 Å². The highest BCUT2D eigenvalue weighted by molar-refractivity contribution is 7.89. The van der Waals surface area contributed by atoms with Gasteiger partial charge in [-0.25, -0.2) is 8.42 Å². The van der Waals surface area contributed by atoms with Crippen LogP contribution in [0.3, 0.4) is 0 Å². The first-order valence-electron chi connectivity index (χ1n) is 6.72. The predicted molar refractivity (Wildman–Crippen MR) is 75.8 cm³/mol. The van der Waals surface area contributed by atoms with Crippen LogP contribution in [-0.2, 0) is 10.0 Å². The average Bonchev–Trinajstić information content (AvgIpc) is 2.89. The average molecular weight is 283 g/mol. The van der Waals surface area contributed by atoms with Crippen molar-refractivity contribution in [3.8, 4) is 5.75 Å². The van der Waals surface area contributed by atoms with Crippen LogP contribution in [0.5, 0.6) is 5.75 Å². The maximum Gasteiger partial charge on any atom is 0.214 e. The lowest BCUT2D eigenvalue weighted by atomic mass is 10.1. The maximum atomic E-state index is 12.2. The summed E-state index contributed by atoms with van der Waals surface area (Å²) in [5.41, 5.74) is 1.05. The topological polar surface area (TPSA) is 46.6 Å². The smallest absolute Gasteiger partial charge is 0.214 e. The Balaban J connectivity index is 2.22. The molecule has 1 aliphatic rings. The number of hydrogen-bond acceptors (Lipinski definition) is 3. The fourth-order valence-electron chi connectivity index (χ4n) is 2.61. The fourth-order valence-corrected chi connectivity index (χ4v) is 4.38. The van der Waals surface area contributed by atoms with E-state index in [1.807, 2.05) is 31.2 Å². The SMILES string of the molecule is CCCS(=O)(=O)N1CCC[C@@H]1c1ccc(OC)cc1. The molecule has 19 heavy (non-hydrogen) atoms. The summed E-state index contributed by atoms with van der Waals surface area (Å²) in [4.78, 5) is 0. The van der Waals surface area contributed by atoms with Gasteiger partial charge in [-0.3, -0.25) is 0 Å². The highest BCUT2D eigenvalue weighted by atomic mass is 32.2. The normalized spacial score (nSPS) is 20.6. The second-order valence-electron chi connectivity index (χ2n) is 4.86. The highest BCUT2D eigenvalue weighted by Gasteiger charge is 2.34. The largest absolute Gasteiger partial charge is 0.497 e. The van der Waals surface area contributed by atoms with Gasteiger partial charge in [0, 0.05) is 12.6 Å². The lowest BCUT2D eigenvalue weighted by Gasteiger charge is -2.24. The molecule has 0 radical (unpaired) electrons. The zero-order chi connectivity index (χ0) is 13.9. The molecule has 1 fully saturated rings. The molecule has 0 aromatic heterocycles. The van der Waals surface area contributed by atoms with Gasteiger partial charge in [0.15, 0.2) is 0 Å². The Hall–Kier alpha value is -1.07. The van der Waals surface area contributed by atoms with Gasteiger partial charge < -0.3 is 4.74 Å². The highest BCUT2D eigenvalue weighted by Crippen LogP contribution is 2.35. The minimum atomic E-state index is -3.12. The van der Waals surface area contributed by atoms with Gasteiger partial charge in [-0.2, -0.15) is 4.31 Å². The molecule has 0 aliphatic carbocycles. The Morgan fingerprint density at radius 2 is 2.00 bits per heavy atom. The van der Waals surface area contributed by atoms with Gasteiger partial charge >= 0.3 is 0 Å². The summed E-state index contributed by atoms with van der Waals surface area (Å²) < 4.78 is 31.3. The van der Waals surface area contributed by atoms with E-state index in [1.54, 1.807) is 11.4 Å². The molecule has 0 unspecified atom stereocenters. The number of methoxy groups -OCH3 is 1. The van der Waals surface area contributed by atoms with Crippen molar-refractivity contribution in [3.05, 3.63) is 29.8 Å². The minimum absolute atomic E-state index is 0.0116. The number of rotatable bonds is 5. The van der Waals surface area contributed by atoms with Crippen molar-refractivity contribution in [3.63, 3.8) is 0 Å². The van der Waals surface area contributed by atoms with Crippen molar-refractivity contribution >= 4 is 10.0 Å². The standard InChI is InChI=1S/C14H21NO3S/c1-3-11-19(16,17)15-10-4-5-14(15)12-6-8-13(18-2)9-7-12/h6-9,14H,3-5,10-11H2,1-2H3/t14-/m1/s1. The van der Waals surface area contributed by atoms with E-state index in [0.29, 0.717) is 13.0 Å². The number of ether oxygens (including phenoxy) is 1. The van der Waals surface area contributed by atoms with Crippen molar-refractivity contribution in [1.82, 2.24) is 4.31 Å². The molecule has 106 valence electrons. The Morgan fingerprint density at radius 1 is 1.32 bits per heavy atom.